The van der Waals surface area contributed by atoms with Gasteiger partial charge in [-0.2, -0.15) is 13.2 Å². The van der Waals surface area contributed by atoms with Crippen LogP contribution in [0.2, 0.25) is 0 Å². The average Bonchev–Trinajstić information content (AvgIpc) is 2.77. The molecule has 0 fully saturated rings. The van der Waals surface area contributed by atoms with Crippen LogP contribution >= 0.6 is 0 Å². The molecule has 8 heteroatoms. The quantitative estimate of drug-likeness (QED) is 0.550. The van der Waals surface area contributed by atoms with Gasteiger partial charge >= 0.3 is 6.18 Å². The Kier molecular flexibility index (Phi) is 7.12. The number of nitrogens with zero attached hydrogens (tertiary/aromatic N) is 1. The van der Waals surface area contributed by atoms with Gasteiger partial charge in [-0.1, -0.05) is 30.3 Å². The fourth-order valence-electron chi connectivity index (χ4n) is 2.72. The molecule has 1 N–H and O–H groups in total. The number of aromatic nitrogens is 1. The minimum atomic E-state index is -4.42. The molecule has 1 aromatic heterocycles. The highest BCUT2D eigenvalue weighted by molar-refractivity contribution is 5.77. The second kappa shape index (κ2) is 9.97. The second-order valence-electron chi connectivity index (χ2n) is 6.79. The first-order valence-electron chi connectivity index (χ1n) is 9.53. The smallest absolute Gasteiger partial charge is 0.416 e. The van der Waals surface area contributed by atoms with Crippen LogP contribution in [0.15, 0.2) is 72.9 Å². The van der Waals surface area contributed by atoms with Crippen molar-refractivity contribution in [2.24, 2.45) is 0 Å². The number of rotatable bonds is 8. The molecule has 0 saturated carbocycles. The van der Waals surface area contributed by atoms with E-state index in [4.69, 9.17) is 9.47 Å². The Morgan fingerprint density at radius 1 is 0.968 bits per heavy atom. The van der Waals surface area contributed by atoms with Crippen LogP contribution in [0.3, 0.4) is 0 Å². The van der Waals surface area contributed by atoms with Crippen molar-refractivity contribution >= 4 is 5.91 Å². The van der Waals surface area contributed by atoms with E-state index in [1.807, 2.05) is 30.3 Å². The Bertz CT molecular complexity index is 976. The van der Waals surface area contributed by atoms with Gasteiger partial charge < -0.3 is 14.8 Å². The Balaban J connectivity index is 1.45. The number of amides is 1. The number of hydrogen-bond donors (Lipinski definition) is 1. The Hall–Kier alpha value is -3.55. The maximum Gasteiger partial charge on any atom is 0.416 e. The van der Waals surface area contributed by atoms with Gasteiger partial charge in [0, 0.05) is 0 Å². The van der Waals surface area contributed by atoms with Crippen LogP contribution in [0.25, 0.3) is 0 Å². The van der Waals surface area contributed by atoms with E-state index in [1.54, 1.807) is 25.3 Å². The molecule has 0 aliphatic rings. The molecule has 31 heavy (non-hydrogen) atoms. The summed E-state index contributed by atoms with van der Waals surface area (Å²) >= 11 is 0. The highest BCUT2D eigenvalue weighted by atomic mass is 19.4. The zero-order chi connectivity index (χ0) is 22.3. The number of alkyl halides is 3. The lowest BCUT2D eigenvalue weighted by molar-refractivity contribution is -0.137. The van der Waals surface area contributed by atoms with Crippen molar-refractivity contribution in [3.63, 3.8) is 0 Å². The van der Waals surface area contributed by atoms with Gasteiger partial charge in [0.05, 0.1) is 23.5 Å². The summed E-state index contributed by atoms with van der Waals surface area (Å²) in [7, 11) is 0. The number of hydrogen-bond acceptors (Lipinski definition) is 4. The Labute approximate surface area is 177 Å². The third-order valence-corrected chi connectivity index (χ3v) is 4.38. The van der Waals surface area contributed by atoms with Crippen molar-refractivity contribution in [2.75, 3.05) is 6.61 Å². The van der Waals surface area contributed by atoms with Gasteiger partial charge in [-0.15, -0.1) is 0 Å². The maximum absolute atomic E-state index is 12.6. The molecular weight excluding hydrogens is 409 g/mol. The minimum Gasteiger partial charge on any atom is -0.487 e. The maximum atomic E-state index is 12.6. The number of pyridine rings is 1. The Morgan fingerprint density at radius 3 is 2.26 bits per heavy atom. The van der Waals surface area contributed by atoms with E-state index in [9.17, 15) is 18.0 Å². The summed E-state index contributed by atoms with van der Waals surface area (Å²) in [5.41, 5.74) is 0.899. The van der Waals surface area contributed by atoms with Gasteiger partial charge in [0.25, 0.3) is 5.91 Å². The summed E-state index contributed by atoms with van der Waals surface area (Å²) in [6.45, 7) is 1.87. The molecular formula is C23H21F3N2O3. The van der Waals surface area contributed by atoms with E-state index < -0.39 is 17.6 Å². The molecule has 0 saturated heterocycles. The summed E-state index contributed by atoms with van der Waals surface area (Å²) in [4.78, 5) is 16.4. The largest absolute Gasteiger partial charge is 0.487 e. The predicted molar refractivity (Wildman–Crippen MR) is 109 cm³/mol. The summed E-state index contributed by atoms with van der Waals surface area (Å²) in [5.74, 6) is 0.365. The molecule has 0 spiro atoms. The van der Waals surface area contributed by atoms with Crippen molar-refractivity contribution in [3.8, 4) is 11.5 Å². The van der Waals surface area contributed by atoms with Crippen LogP contribution in [-0.4, -0.2) is 17.5 Å². The van der Waals surface area contributed by atoms with Crippen LogP contribution in [-0.2, 0) is 17.6 Å². The zero-order valence-corrected chi connectivity index (χ0v) is 16.7. The van der Waals surface area contributed by atoms with Gasteiger partial charge in [0.15, 0.2) is 6.61 Å². The van der Waals surface area contributed by atoms with Gasteiger partial charge in [-0.25, -0.2) is 0 Å². The second-order valence-corrected chi connectivity index (χ2v) is 6.79. The molecule has 5 nitrogen and oxygen atoms in total. The monoisotopic (exact) mass is 430 g/mol. The number of carbonyl (C=O) groups excluding carboxylic acids is 1. The van der Waals surface area contributed by atoms with E-state index >= 15 is 0 Å². The third-order valence-electron chi connectivity index (χ3n) is 4.38. The molecule has 0 radical (unpaired) electrons. The van der Waals surface area contributed by atoms with Crippen LogP contribution in [0.4, 0.5) is 13.2 Å². The highest BCUT2D eigenvalue weighted by Gasteiger charge is 2.30. The van der Waals surface area contributed by atoms with E-state index in [-0.39, 0.29) is 18.4 Å². The average molecular weight is 430 g/mol. The zero-order valence-electron chi connectivity index (χ0n) is 16.7. The molecule has 1 unspecified atom stereocenters. The summed E-state index contributed by atoms with van der Waals surface area (Å²) in [6.07, 6.45) is -2.83. The number of ether oxygens (including phenoxy) is 2. The fraction of sp³-hybridized carbons (Fsp3) is 0.217. The number of nitrogens with one attached hydrogen (secondary N) is 1. The van der Waals surface area contributed by atoms with E-state index in [2.05, 4.69) is 10.3 Å². The highest BCUT2D eigenvalue weighted by Crippen LogP contribution is 2.30. The summed E-state index contributed by atoms with van der Waals surface area (Å²) in [6, 6.07) is 17.0. The molecule has 162 valence electrons. The van der Waals surface area contributed by atoms with Gasteiger partial charge in [-0.3, -0.25) is 9.78 Å². The van der Waals surface area contributed by atoms with Crippen molar-refractivity contribution in [3.05, 3.63) is 89.7 Å². The van der Waals surface area contributed by atoms with Crippen LogP contribution in [0, 0.1) is 0 Å². The van der Waals surface area contributed by atoms with Crippen LogP contribution in [0.1, 0.15) is 29.8 Å². The van der Waals surface area contributed by atoms with E-state index in [0.717, 1.165) is 17.7 Å². The molecule has 0 bridgehead atoms. The predicted octanol–water partition coefficient (Wildman–Crippen LogP) is 4.94. The van der Waals surface area contributed by atoms with E-state index in [0.29, 0.717) is 18.1 Å². The Morgan fingerprint density at radius 2 is 1.65 bits per heavy atom. The lowest BCUT2D eigenvalue weighted by atomic mass is 10.2. The first-order chi connectivity index (χ1) is 14.8. The number of carbonyl (C=O) groups is 1. The van der Waals surface area contributed by atoms with Crippen molar-refractivity contribution < 1.29 is 27.4 Å². The van der Waals surface area contributed by atoms with E-state index in [1.165, 1.54) is 12.1 Å². The molecule has 3 aromatic rings. The molecule has 0 aliphatic heterocycles. The standard InChI is InChI=1S/C23H21F3N2O3/c1-16(21-12-11-20(13-27-21)30-14-17-5-3-2-4-6-17)28-22(29)15-31-19-9-7-18(8-10-19)23(24,25)26/h2-13,16H,14-15H2,1H3,(H,28,29). The topological polar surface area (TPSA) is 60.5 Å². The van der Waals surface area contributed by atoms with Crippen molar-refractivity contribution in [2.45, 2.75) is 25.7 Å². The molecule has 3 rings (SSSR count). The minimum absolute atomic E-state index is 0.175. The molecule has 1 heterocycles. The SMILES string of the molecule is CC(NC(=O)COc1ccc(C(F)(F)F)cc1)c1ccc(OCc2ccccc2)cn1. The fourth-order valence-corrected chi connectivity index (χ4v) is 2.72. The number of benzene rings is 2. The molecule has 0 aliphatic carbocycles. The van der Waals surface area contributed by atoms with Crippen molar-refractivity contribution in [1.82, 2.24) is 10.3 Å². The molecule has 2 aromatic carbocycles. The lowest BCUT2D eigenvalue weighted by Gasteiger charge is -2.15. The van der Waals surface area contributed by atoms with Crippen molar-refractivity contribution in [1.29, 1.82) is 0 Å². The van der Waals surface area contributed by atoms with Gasteiger partial charge in [0.1, 0.15) is 18.1 Å². The third kappa shape index (κ3) is 6.74. The number of halogens is 3. The molecule has 1 atom stereocenters. The summed E-state index contributed by atoms with van der Waals surface area (Å²) < 4.78 is 48.6. The first kappa shape index (κ1) is 22.1. The lowest BCUT2D eigenvalue weighted by Crippen LogP contribution is -2.31. The van der Waals surface area contributed by atoms with Gasteiger partial charge in [-0.05, 0) is 48.9 Å². The first-order valence-corrected chi connectivity index (χ1v) is 9.53. The van der Waals surface area contributed by atoms with Crippen LogP contribution < -0.4 is 14.8 Å². The normalized spacial score (nSPS) is 12.1. The van der Waals surface area contributed by atoms with Crippen LogP contribution in [0.5, 0.6) is 11.5 Å². The summed E-state index contributed by atoms with van der Waals surface area (Å²) in [5, 5.41) is 2.73. The van der Waals surface area contributed by atoms with Gasteiger partial charge in [0.2, 0.25) is 0 Å². The molecule has 1 amide bonds.